The molecular weight excluding hydrogens is 349 g/mol. The van der Waals surface area contributed by atoms with Crippen molar-refractivity contribution in [1.29, 1.82) is 0 Å². The first kappa shape index (κ1) is 18.2. The predicted octanol–water partition coefficient (Wildman–Crippen LogP) is 3.20. The maximum absolute atomic E-state index is 12.9. The molecule has 0 saturated heterocycles. The summed E-state index contributed by atoms with van der Waals surface area (Å²) in [5.41, 5.74) is 1.95. The van der Waals surface area contributed by atoms with Gasteiger partial charge in [0.25, 0.3) is 0 Å². The Kier molecular flexibility index (Phi) is 5.88. The van der Waals surface area contributed by atoms with Crippen molar-refractivity contribution in [3.63, 3.8) is 0 Å². The number of para-hydroxylation sites is 1. The summed E-state index contributed by atoms with van der Waals surface area (Å²) >= 11 is 0. The van der Waals surface area contributed by atoms with Crippen molar-refractivity contribution >= 4 is 23.4 Å². The summed E-state index contributed by atoms with van der Waals surface area (Å²) in [7, 11) is 1.33. The molecule has 27 heavy (non-hydrogen) atoms. The maximum atomic E-state index is 12.9. The Morgan fingerprint density at radius 3 is 2.70 bits per heavy atom. The van der Waals surface area contributed by atoms with Gasteiger partial charge < -0.3 is 15.4 Å². The number of benzene rings is 2. The fourth-order valence-electron chi connectivity index (χ4n) is 2.43. The average molecular weight is 367 g/mol. The Bertz CT molecular complexity index is 918. The molecule has 0 atom stereocenters. The van der Waals surface area contributed by atoms with E-state index in [0.717, 1.165) is 5.56 Å². The van der Waals surface area contributed by atoms with Crippen molar-refractivity contribution in [2.45, 2.75) is 6.42 Å². The van der Waals surface area contributed by atoms with Crippen LogP contribution in [0.2, 0.25) is 0 Å². The van der Waals surface area contributed by atoms with E-state index in [4.69, 9.17) is 4.74 Å². The molecular formula is C19H18FN5O2. The van der Waals surface area contributed by atoms with E-state index in [0.29, 0.717) is 36.0 Å². The van der Waals surface area contributed by atoms with Crippen LogP contribution in [-0.2, 0) is 11.2 Å². The summed E-state index contributed by atoms with van der Waals surface area (Å²) in [5.74, 6) is 0.0753. The highest BCUT2D eigenvalue weighted by Gasteiger charge is 2.12. The highest BCUT2D eigenvalue weighted by Crippen LogP contribution is 2.20. The molecule has 0 amide bonds. The van der Waals surface area contributed by atoms with Gasteiger partial charge >= 0.3 is 5.97 Å². The van der Waals surface area contributed by atoms with E-state index in [1.54, 1.807) is 36.4 Å². The second kappa shape index (κ2) is 8.70. The molecule has 2 N–H and O–H groups in total. The van der Waals surface area contributed by atoms with Gasteiger partial charge in [-0.25, -0.2) is 9.18 Å². The highest BCUT2D eigenvalue weighted by atomic mass is 19.1. The standard InChI is InChI=1S/C19H18FN5O2/c1-27-18(26)15-4-2-3-5-16(15)23-17-12-22-25-19(24-17)21-11-10-13-6-8-14(20)9-7-13/h2-9,12H,10-11H2,1H3,(H2,21,23,24,25). The molecule has 0 saturated carbocycles. The number of halogens is 1. The van der Waals surface area contributed by atoms with Gasteiger partial charge in [-0.1, -0.05) is 24.3 Å². The lowest BCUT2D eigenvalue weighted by atomic mass is 10.1. The molecule has 0 spiro atoms. The van der Waals surface area contributed by atoms with Crippen molar-refractivity contribution < 1.29 is 13.9 Å². The number of hydrogen-bond donors (Lipinski definition) is 2. The van der Waals surface area contributed by atoms with E-state index in [2.05, 4.69) is 25.8 Å². The first-order valence-electron chi connectivity index (χ1n) is 8.28. The number of nitrogens with zero attached hydrogens (tertiary/aromatic N) is 3. The van der Waals surface area contributed by atoms with E-state index >= 15 is 0 Å². The molecule has 8 heteroatoms. The topological polar surface area (TPSA) is 89.0 Å². The van der Waals surface area contributed by atoms with Gasteiger partial charge in [-0.05, 0) is 36.2 Å². The minimum absolute atomic E-state index is 0.259. The van der Waals surface area contributed by atoms with Crippen LogP contribution in [0.15, 0.2) is 54.7 Å². The van der Waals surface area contributed by atoms with E-state index in [1.807, 2.05) is 0 Å². The zero-order valence-corrected chi connectivity index (χ0v) is 14.6. The normalized spacial score (nSPS) is 10.3. The van der Waals surface area contributed by atoms with E-state index in [1.165, 1.54) is 25.4 Å². The molecule has 0 bridgehead atoms. The Morgan fingerprint density at radius 2 is 1.93 bits per heavy atom. The minimum Gasteiger partial charge on any atom is -0.465 e. The molecule has 0 aliphatic carbocycles. The van der Waals surface area contributed by atoms with Crippen LogP contribution in [0.1, 0.15) is 15.9 Å². The molecule has 0 unspecified atom stereocenters. The molecule has 3 aromatic rings. The SMILES string of the molecule is COC(=O)c1ccccc1Nc1cnnc(NCCc2ccc(F)cc2)n1. The smallest absolute Gasteiger partial charge is 0.339 e. The van der Waals surface area contributed by atoms with Crippen molar-refractivity contribution in [2.75, 3.05) is 24.3 Å². The molecule has 3 rings (SSSR count). The molecule has 7 nitrogen and oxygen atoms in total. The van der Waals surface area contributed by atoms with Gasteiger partial charge in [-0.2, -0.15) is 10.1 Å². The van der Waals surface area contributed by atoms with E-state index < -0.39 is 5.97 Å². The second-order valence-electron chi connectivity index (χ2n) is 5.63. The molecule has 0 aliphatic rings. The summed E-state index contributed by atoms with van der Waals surface area (Å²) in [5, 5.41) is 14.0. The Morgan fingerprint density at radius 1 is 1.15 bits per heavy atom. The summed E-state index contributed by atoms with van der Waals surface area (Å²) in [6, 6.07) is 13.3. The minimum atomic E-state index is -0.447. The van der Waals surface area contributed by atoms with Crippen LogP contribution in [-0.4, -0.2) is 34.8 Å². The zero-order valence-electron chi connectivity index (χ0n) is 14.6. The zero-order chi connectivity index (χ0) is 19.1. The van der Waals surface area contributed by atoms with Gasteiger partial charge in [0.15, 0.2) is 5.82 Å². The van der Waals surface area contributed by atoms with Crippen molar-refractivity contribution in [3.05, 3.63) is 71.7 Å². The number of ether oxygens (including phenoxy) is 1. The van der Waals surface area contributed by atoms with Gasteiger partial charge in [0.05, 0.1) is 24.6 Å². The lowest BCUT2D eigenvalue weighted by Crippen LogP contribution is -2.10. The molecule has 0 aliphatic heterocycles. The maximum Gasteiger partial charge on any atom is 0.339 e. The molecule has 138 valence electrons. The lowest BCUT2D eigenvalue weighted by Gasteiger charge is -2.10. The summed E-state index contributed by atoms with van der Waals surface area (Å²) in [4.78, 5) is 16.2. The van der Waals surface area contributed by atoms with E-state index in [9.17, 15) is 9.18 Å². The third kappa shape index (κ3) is 4.97. The molecule has 2 aromatic carbocycles. The third-order valence-corrected chi connectivity index (χ3v) is 3.76. The van der Waals surface area contributed by atoms with Crippen LogP contribution >= 0.6 is 0 Å². The fourth-order valence-corrected chi connectivity index (χ4v) is 2.43. The molecule has 1 heterocycles. The number of rotatable bonds is 7. The van der Waals surface area contributed by atoms with Crippen LogP contribution in [0.5, 0.6) is 0 Å². The van der Waals surface area contributed by atoms with Crippen LogP contribution in [0.25, 0.3) is 0 Å². The van der Waals surface area contributed by atoms with Crippen LogP contribution in [0.3, 0.4) is 0 Å². The first-order valence-corrected chi connectivity index (χ1v) is 8.28. The summed E-state index contributed by atoms with van der Waals surface area (Å²) < 4.78 is 17.7. The summed E-state index contributed by atoms with van der Waals surface area (Å²) in [6.45, 7) is 0.565. The van der Waals surface area contributed by atoms with Gasteiger partial charge in [-0.3, -0.25) is 0 Å². The van der Waals surface area contributed by atoms with Crippen molar-refractivity contribution in [2.24, 2.45) is 0 Å². The van der Waals surface area contributed by atoms with Crippen LogP contribution in [0, 0.1) is 5.82 Å². The van der Waals surface area contributed by atoms with E-state index in [-0.39, 0.29) is 5.82 Å². The number of nitrogens with one attached hydrogen (secondary N) is 2. The Labute approximate surface area is 155 Å². The predicted molar refractivity (Wildman–Crippen MR) is 99.5 cm³/mol. The quantitative estimate of drug-likeness (QED) is 0.620. The number of anilines is 3. The van der Waals surface area contributed by atoms with Crippen molar-refractivity contribution in [1.82, 2.24) is 15.2 Å². The Hall–Kier alpha value is -3.55. The number of methoxy groups -OCH3 is 1. The van der Waals surface area contributed by atoms with Crippen LogP contribution in [0.4, 0.5) is 21.8 Å². The Balaban J connectivity index is 1.64. The van der Waals surface area contributed by atoms with Gasteiger partial charge in [0.1, 0.15) is 5.82 Å². The number of esters is 1. The largest absolute Gasteiger partial charge is 0.465 e. The average Bonchev–Trinajstić information content (AvgIpc) is 2.70. The third-order valence-electron chi connectivity index (χ3n) is 3.76. The monoisotopic (exact) mass is 367 g/mol. The molecule has 0 radical (unpaired) electrons. The van der Waals surface area contributed by atoms with Gasteiger partial charge in [0, 0.05) is 6.54 Å². The van der Waals surface area contributed by atoms with Gasteiger partial charge in [-0.15, -0.1) is 5.10 Å². The van der Waals surface area contributed by atoms with Gasteiger partial charge in [0.2, 0.25) is 5.95 Å². The highest BCUT2D eigenvalue weighted by molar-refractivity contribution is 5.96. The van der Waals surface area contributed by atoms with Crippen molar-refractivity contribution in [3.8, 4) is 0 Å². The number of aromatic nitrogens is 3. The number of carbonyl (C=O) groups is 1. The first-order chi connectivity index (χ1) is 13.2. The fraction of sp³-hybridized carbons (Fsp3) is 0.158. The second-order valence-corrected chi connectivity index (χ2v) is 5.63. The number of hydrogen-bond acceptors (Lipinski definition) is 7. The lowest BCUT2D eigenvalue weighted by molar-refractivity contribution is 0.0602. The summed E-state index contributed by atoms with van der Waals surface area (Å²) in [6.07, 6.45) is 2.14. The van der Waals surface area contributed by atoms with Crippen LogP contribution < -0.4 is 10.6 Å². The number of carbonyl (C=O) groups excluding carboxylic acids is 1. The molecule has 0 fully saturated rings. The molecule has 1 aromatic heterocycles.